The lowest BCUT2D eigenvalue weighted by molar-refractivity contribution is -0.393. The molecule has 86 valence electrons. The number of nitrogens with zero attached hydrogens (tertiary/aromatic N) is 3. The zero-order chi connectivity index (χ0) is 12.0. The highest BCUT2D eigenvalue weighted by atomic mass is 16.6. The highest BCUT2D eigenvalue weighted by Crippen LogP contribution is 2.21. The highest BCUT2D eigenvalue weighted by Gasteiger charge is 2.22. The molecular formula is C10H19N3O2. The van der Waals surface area contributed by atoms with Crippen LogP contribution in [0.4, 0.5) is 5.82 Å². The third-order valence-corrected chi connectivity index (χ3v) is 1.89. The molecule has 0 fully saturated rings. The van der Waals surface area contributed by atoms with Crippen molar-refractivity contribution in [1.29, 1.82) is 0 Å². The van der Waals surface area contributed by atoms with Gasteiger partial charge in [-0.1, -0.05) is 25.9 Å². The number of aromatic nitrogens is 2. The second kappa shape index (κ2) is 6.16. The first-order chi connectivity index (χ1) is 7.07. The number of rotatable bonds is 3. The zero-order valence-corrected chi connectivity index (χ0v) is 10.0. The van der Waals surface area contributed by atoms with Crippen LogP contribution in [-0.4, -0.2) is 14.7 Å². The first kappa shape index (κ1) is 13.6. The summed E-state index contributed by atoms with van der Waals surface area (Å²) in [7, 11) is 0. The maximum absolute atomic E-state index is 10.7. The second-order valence-electron chi connectivity index (χ2n) is 3.14. The lowest BCUT2D eigenvalue weighted by Crippen LogP contribution is -2.07. The van der Waals surface area contributed by atoms with E-state index in [2.05, 4.69) is 5.10 Å². The molecular weight excluding hydrogens is 194 g/mol. The van der Waals surface area contributed by atoms with Gasteiger partial charge in [0.15, 0.2) is 0 Å². The van der Waals surface area contributed by atoms with Gasteiger partial charge in [-0.05, 0) is 25.2 Å². The van der Waals surface area contributed by atoms with Crippen LogP contribution in [0.5, 0.6) is 0 Å². The molecule has 0 atom stereocenters. The summed E-state index contributed by atoms with van der Waals surface area (Å²) in [5, 5.41) is 14.7. The molecule has 0 aliphatic heterocycles. The van der Waals surface area contributed by atoms with Gasteiger partial charge in [0, 0.05) is 0 Å². The standard InChI is InChI=1S/C8H13N3O2.C2H6/c1-4-7-5-9-10(6(2)3)8(7)11(12)13;1-2/h5-6H,4H2,1-3H3;1-2H3. The molecule has 0 aliphatic carbocycles. The Kier molecular flexibility index (Phi) is 5.59. The van der Waals surface area contributed by atoms with Crippen LogP contribution in [0.2, 0.25) is 0 Å². The van der Waals surface area contributed by atoms with E-state index in [0.29, 0.717) is 12.0 Å². The van der Waals surface area contributed by atoms with E-state index < -0.39 is 0 Å². The Balaban J connectivity index is 0.000000921. The molecule has 0 saturated heterocycles. The normalized spacial score (nSPS) is 9.73. The molecule has 1 aromatic rings. The molecule has 5 heteroatoms. The fraction of sp³-hybridized carbons (Fsp3) is 0.700. The summed E-state index contributed by atoms with van der Waals surface area (Å²) < 4.78 is 1.44. The molecule has 0 unspecified atom stereocenters. The summed E-state index contributed by atoms with van der Waals surface area (Å²) in [6.07, 6.45) is 2.21. The molecule has 0 amide bonds. The number of nitro groups is 1. The minimum absolute atomic E-state index is 0.0284. The quantitative estimate of drug-likeness (QED) is 0.572. The van der Waals surface area contributed by atoms with Crippen LogP contribution in [0.1, 0.15) is 46.2 Å². The van der Waals surface area contributed by atoms with Gasteiger partial charge >= 0.3 is 5.82 Å². The fourth-order valence-electron chi connectivity index (χ4n) is 1.22. The predicted molar refractivity (Wildman–Crippen MR) is 60.0 cm³/mol. The monoisotopic (exact) mass is 213 g/mol. The third kappa shape index (κ3) is 3.04. The Morgan fingerprint density at radius 3 is 2.40 bits per heavy atom. The van der Waals surface area contributed by atoms with Crippen LogP contribution in [-0.2, 0) is 6.42 Å². The minimum Gasteiger partial charge on any atom is -0.358 e. The van der Waals surface area contributed by atoms with Crippen molar-refractivity contribution in [1.82, 2.24) is 9.78 Å². The molecule has 1 rings (SSSR count). The van der Waals surface area contributed by atoms with Crippen molar-refractivity contribution in [3.8, 4) is 0 Å². The summed E-state index contributed by atoms with van der Waals surface area (Å²) in [5.74, 6) is 0.123. The lowest BCUT2D eigenvalue weighted by atomic mass is 10.2. The Morgan fingerprint density at radius 2 is 2.07 bits per heavy atom. The van der Waals surface area contributed by atoms with Gasteiger partial charge in [-0.15, -0.1) is 4.68 Å². The van der Waals surface area contributed by atoms with E-state index in [-0.39, 0.29) is 16.8 Å². The summed E-state index contributed by atoms with van der Waals surface area (Å²) in [6, 6.07) is 0.0284. The molecule has 0 aromatic carbocycles. The Bertz CT molecular complexity index is 318. The van der Waals surface area contributed by atoms with Gasteiger partial charge in [-0.3, -0.25) is 0 Å². The Hall–Kier alpha value is -1.39. The van der Waals surface area contributed by atoms with Crippen molar-refractivity contribution in [2.75, 3.05) is 0 Å². The molecule has 0 aliphatic rings. The van der Waals surface area contributed by atoms with Crippen LogP contribution < -0.4 is 0 Å². The Morgan fingerprint density at radius 1 is 1.53 bits per heavy atom. The van der Waals surface area contributed by atoms with Gasteiger partial charge in [0.2, 0.25) is 0 Å². The maximum Gasteiger partial charge on any atom is 0.348 e. The van der Waals surface area contributed by atoms with Crippen LogP contribution in [0.3, 0.4) is 0 Å². The van der Waals surface area contributed by atoms with E-state index in [1.54, 1.807) is 6.20 Å². The van der Waals surface area contributed by atoms with Gasteiger partial charge in [-0.2, -0.15) is 0 Å². The van der Waals surface area contributed by atoms with Gasteiger partial charge in [0.05, 0.1) is 11.8 Å². The molecule has 1 heterocycles. The van der Waals surface area contributed by atoms with Gasteiger partial charge in [0.1, 0.15) is 6.04 Å². The van der Waals surface area contributed by atoms with Crippen molar-refractivity contribution in [2.45, 2.75) is 47.1 Å². The summed E-state index contributed by atoms with van der Waals surface area (Å²) in [6.45, 7) is 9.63. The third-order valence-electron chi connectivity index (χ3n) is 1.89. The number of hydrogen-bond acceptors (Lipinski definition) is 3. The smallest absolute Gasteiger partial charge is 0.348 e. The zero-order valence-electron chi connectivity index (χ0n) is 10.0. The van der Waals surface area contributed by atoms with Crippen molar-refractivity contribution in [3.05, 3.63) is 21.9 Å². The molecule has 15 heavy (non-hydrogen) atoms. The van der Waals surface area contributed by atoms with E-state index in [0.717, 1.165) is 0 Å². The summed E-state index contributed by atoms with van der Waals surface area (Å²) >= 11 is 0. The van der Waals surface area contributed by atoms with E-state index in [1.165, 1.54) is 4.68 Å². The molecule has 0 N–H and O–H groups in total. The fourth-order valence-corrected chi connectivity index (χ4v) is 1.22. The van der Waals surface area contributed by atoms with Crippen molar-refractivity contribution < 1.29 is 4.92 Å². The SMILES string of the molecule is CC.CCc1cnn(C(C)C)c1[N+](=O)[O-]. The van der Waals surface area contributed by atoms with Crippen LogP contribution in [0.15, 0.2) is 6.20 Å². The molecule has 0 radical (unpaired) electrons. The molecule has 5 nitrogen and oxygen atoms in total. The molecule has 0 spiro atoms. The van der Waals surface area contributed by atoms with E-state index >= 15 is 0 Å². The van der Waals surface area contributed by atoms with Crippen molar-refractivity contribution >= 4 is 5.82 Å². The minimum atomic E-state index is -0.369. The van der Waals surface area contributed by atoms with E-state index in [4.69, 9.17) is 0 Å². The number of aryl methyl sites for hydroxylation is 1. The van der Waals surface area contributed by atoms with Gasteiger partial charge in [0.25, 0.3) is 0 Å². The molecule has 0 saturated carbocycles. The largest absolute Gasteiger partial charge is 0.358 e. The first-order valence-electron chi connectivity index (χ1n) is 5.28. The highest BCUT2D eigenvalue weighted by molar-refractivity contribution is 5.31. The van der Waals surface area contributed by atoms with Crippen molar-refractivity contribution in [3.63, 3.8) is 0 Å². The second-order valence-corrected chi connectivity index (χ2v) is 3.14. The van der Waals surface area contributed by atoms with E-state index in [9.17, 15) is 10.1 Å². The molecule has 0 bridgehead atoms. The first-order valence-corrected chi connectivity index (χ1v) is 5.28. The number of hydrogen-bond donors (Lipinski definition) is 0. The molecule has 1 aromatic heterocycles. The van der Waals surface area contributed by atoms with Crippen molar-refractivity contribution in [2.24, 2.45) is 0 Å². The average Bonchev–Trinajstić information content (AvgIpc) is 2.64. The predicted octanol–water partition coefficient (Wildman–Crippen LogP) is 2.96. The van der Waals surface area contributed by atoms with Gasteiger partial charge < -0.3 is 10.1 Å². The maximum atomic E-state index is 10.7. The van der Waals surface area contributed by atoms with Gasteiger partial charge in [-0.25, -0.2) is 0 Å². The van der Waals surface area contributed by atoms with Crippen LogP contribution in [0, 0.1) is 10.1 Å². The summed E-state index contributed by atoms with van der Waals surface area (Å²) in [4.78, 5) is 10.3. The summed E-state index contributed by atoms with van der Waals surface area (Å²) in [5.41, 5.74) is 0.693. The van der Waals surface area contributed by atoms with E-state index in [1.807, 2.05) is 34.6 Å². The lowest BCUT2D eigenvalue weighted by Gasteiger charge is -2.02. The Labute approximate surface area is 90.3 Å². The topological polar surface area (TPSA) is 61.0 Å². The van der Waals surface area contributed by atoms with Crippen LogP contribution >= 0.6 is 0 Å². The average molecular weight is 213 g/mol. The van der Waals surface area contributed by atoms with Crippen LogP contribution in [0.25, 0.3) is 0 Å².